The summed E-state index contributed by atoms with van der Waals surface area (Å²) in [5, 5.41) is 13.1. The highest BCUT2D eigenvalue weighted by molar-refractivity contribution is 6.32. The smallest absolute Gasteiger partial charge is 0.280 e. The summed E-state index contributed by atoms with van der Waals surface area (Å²) in [5.41, 5.74) is 4.74. The molecule has 0 bridgehead atoms. The van der Waals surface area contributed by atoms with Crippen LogP contribution < -0.4 is 10.3 Å². The number of nitrogens with one attached hydrogen (secondary N) is 1. The highest BCUT2D eigenvalue weighted by atomic mass is 16.8. The van der Waals surface area contributed by atoms with Crippen LogP contribution in [-0.4, -0.2) is 29.8 Å². The van der Waals surface area contributed by atoms with Gasteiger partial charge in [-0.05, 0) is 56.2 Å². The van der Waals surface area contributed by atoms with Crippen LogP contribution in [0.2, 0.25) is 0 Å². The van der Waals surface area contributed by atoms with Crippen LogP contribution in [0, 0.1) is 0 Å². The number of nitrogens with zero attached hydrogens (tertiary/aromatic N) is 3. The van der Waals surface area contributed by atoms with Crippen LogP contribution in [0.5, 0.6) is 0 Å². The molecule has 7 nitrogen and oxygen atoms in total. The number of epoxide rings is 1. The minimum atomic E-state index is -0.385. The molecule has 4 rings (SSSR count). The molecular weight excluding hydrogens is 380 g/mol. The van der Waals surface area contributed by atoms with Gasteiger partial charge in [0.05, 0.1) is 22.7 Å². The van der Waals surface area contributed by atoms with Crippen molar-refractivity contribution in [3.8, 4) is 0 Å². The fraction of sp³-hybridized carbons (Fsp3) is 0.261. The number of hydrogen-bond acceptors (Lipinski definition) is 6. The van der Waals surface area contributed by atoms with E-state index in [1.165, 1.54) is 5.01 Å². The molecule has 1 fully saturated rings. The van der Waals surface area contributed by atoms with Crippen molar-refractivity contribution in [2.24, 2.45) is 10.3 Å². The SMILES string of the molecule is CC/C(C)=N\OC1OC1Nc1ccc(N2N=C(C)/C(=C/c3ccccc3)C2=O)cc1. The number of ether oxygens (including phenoxy) is 1. The van der Waals surface area contributed by atoms with Crippen molar-refractivity contribution < 1.29 is 14.4 Å². The predicted octanol–water partition coefficient (Wildman–Crippen LogP) is 4.39. The van der Waals surface area contributed by atoms with Crippen LogP contribution in [0.4, 0.5) is 11.4 Å². The summed E-state index contributed by atoms with van der Waals surface area (Å²) < 4.78 is 5.41. The van der Waals surface area contributed by atoms with E-state index < -0.39 is 0 Å². The van der Waals surface area contributed by atoms with Crippen LogP contribution in [0.3, 0.4) is 0 Å². The maximum atomic E-state index is 12.9. The lowest BCUT2D eigenvalue weighted by molar-refractivity contribution is -0.114. The Labute approximate surface area is 175 Å². The van der Waals surface area contributed by atoms with Crippen molar-refractivity contribution in [1.29, 1.82) is 0 Å². The van der Waals surface area contributed by atoms with E-state index in [0.29, 0.717) is 17.0 Å². The number of rotatable bonds is 7. The third kappa shape index (κ3) is 4.41. The standard InChI is InChI=1S/C23H24N4O3/c1-4-15(2)26-30-23-21(29-23)24-18-10-12-19(13-11-18)27-22(28)20(16(3)25-27)14-17-8-6-5-7-9-17/h5-14,21,23-24H,4H2,1-3H3/b20-14-,26-15-. The molecule has 0 aliphatic carbocycles. The summed E-state index contributed by atoms with van der Waals surface area (Å²) in [6, 6.07) is 17.2. The van der Waals surface area contributed by atoms with E-state index in [-0.39, 0.29) is 18.4 Å². The van der Waals surface area contributed by atoms with Gasteiger partial charge in [-0.3, -0.25) is 4.79 Å². The van der Waals surface area contributed by atoms with E-state index in [0.717, 1.165) is 23.4 Å². The monoisotopic (exact) mass is 404 g/mol. The minimum Gasteiger partial charge on any atom is -0.359 e. The fourth-order valence-electron chi connectivity index (χ4n) is 2.93. The molecule has 2 aromatic rings. The molecule has 7 heteroatoms. The zero-order chi connectivity index (χ0) is 21.1. The van der Waals surface area contributed by atoms with Gasteiger partial charge in [0.15, 0.2) is 6.23 Å². The number of carbonyl (C=O) groups is 1. The number of oxime groups is 1. The molecule has 154 valence electrons. The lowest BCUT2D eigenvalue weighted by Gasteiger charge is -2.12. The lowest BCUT2D eigenvalue weighted by atomic mass is 10.1. The van der Waals surface area contributed by atoms with Gasteiger partial charge < -0.3 is 14.9 Å². The molecule has 1 amide bonds. The Morgan fingerprint density at radius 3 is 2.67 bits per heavy atom. The summed E-state index contributed by atoms with van der Waals surface area (Å²) in [6.45, 7) is 5.77. The first-order valence-electron chi connectivity index (χ1n) is 9.93. The van der Waals surface area contributed by atoms with E-state index in [4.69, 9.17) is 9.57 Å². The molecular formula is C23H24N4O3. The first kappa shape index (κ1) is 19.8. The molecule has 1 saturated heterocycles. The molecule has 2 unspecified atom stereocenters. The van der Waals surface area contributed by atoms with Crippen molar-refractivity contribution in [3.63, 3.8) is 0 Å². The average Bonchev–Trinajstić information content (AvgIpc) is 3.46. The van der Waals surface area contributed by atoms with Crippen LogP contribution >= 0.6 is 0 Å². The van der Waals surface area contributed by atoms with Gasteiger partial charge in [0.2, 0.25) is 0 Å². The maximum absolute atomic E-state index is 12.9. The normalized spacial score (nSPS) is 22.3. The summed E-state index contributed by atoms with van der Waals surface area (Å²) in [5.74, 6) is -0.139. The van der Waals surface area contributed by atoms with Crippen molar-refractivity contribution in [2.75, 3.05) is 10.3 Å². The van der Waals surface area contributed by atoms with Gasteiger partial charge in [0.1, 0.15) is 0 Å². The maximum Gasteiger partial charge on any atom is 0.280 e. The van der Waals surface area contributed by atoms with Crippen LogP contribution in [-0.2, 0) is 14.4 Å². The van der Waals surface area contributed by atoms with Crippen molar-refractivity contribution in [2.45, 2.75) is 39.7 Å². The quantitative estimate of drug-likeness (QED) is 0.321. The second-order valence-corrected chi connectivity index (χ2v) is 7.17. The molecule has 0 aromatic heterocycles. The second-order valence-electron chi connectivity index (χ2n) is 7.17. The Morgan fingerprint density at radius 2 is 1.97 bits per heavy atom. The molecule has 0 spiro atoms. The summed E-state index contributed by atoms with van der Waals surface area (Å²) in [7, 11) is 0. The number of benzene rings is 2. The number of anilines is 2. The molecule has 2 heterocycles. The Hall–Kier alpha value is -3.45. The van der Waals surface area contributed by atoms with E-state index >= 15 is 0 Å². The Morgan fingerprint density at radius 1 is 1.23 bits per heavy atom. The summed E-state index contributed by atoms with van der Waals surface area (Å²) in [4.78, 5) is 18.2. The first-order chi connectivity index (χ1) is 14.5. The fourth-order valence-corrected chi connectivity index (χ4v) is 2.93. The van der Waals surface area contributed by atoms with Crippen molar-refractivity contribution in [3.05, 3.63) is 65.7 Å². The topological polar surface area (TPSA) is 78.8 Å². The predicted molar refractivity (Wildman–Crippen MR) is 118 cm³/mol. The van der Waals surface area contributed by atoms with Crippen LogP contribution in [0.15, 0.2) is 70.4 Å². The molecule has 2 aromatic carbocycles. The molecule has 1 N–H and O–H groups in total. The Bertz CT molecular complexity index is 1010. The van der Waals surface area contributed by atoms with Gasteiger partial charge in [-0.1, -0.05) is 42.4 Å². The summed E-state index contributed by atoms with van der Waals surface area (Å²) in [6.07, 6.45) is 2.08. The largest absolute Gasteiger partial charge is 0.359 e. The highest BCUT2D eigenvalue weighted by Gasteiger charge is 2.42. The van der Waals surface area contributed by atoms with Crippen molar-refractivity contribution >= 4 is 34.8 Å². The van der Waals surface area contributed by atoms with Crippen molar-refractivity contribution in [1.82, 2.24) is 0 Å². The van der Waals surface area contributed by atoms with Crippen LogP contribution in [0.1, 0.15) is 32.8 Å². The van der Waals surface area contributed by atoms with Crippen LogP contribution in [0.25, 0.3) is 6.08 Å². The van der Waals surface area contributed by atoms with E-state index in [9.17, 15) is 4.79 Å². The lowest BCUT2D eigenvalue weighted by Crippen LogP contribution is -2.21. The van der Waals surface area contributed by atoms with Gasteiger partial charge in [-0.2, -0.15) is 10.1 Å². The number of hydrazone groups is 1. The van der Waals surface area contributed by atoms with E-state index in [2.05, 4.69) is 15.6 Å². The second kappa shape index (κ2) is 8.51. The summed E-state index contributed by atoms with van der Waals surface area (Å²) >= 11 is 0. The number of hydrogen-bond donors (Lipinski definition) is 1. The highest BCUT2D eigenvalue weighted by Crippen LogP contribution is 2.29. The molecule has 2 aliphatic rings. The number of carbonyl (C=O) groups excluding carboxylic acids is 1. The minimum absolute atomic E-state index is 0.139. The molecule has 0 saturated carbocycles. The Kier molecular flexibility index (Phi) is 5.63. The molecule has 0 radical (unpaired) electrons. The van der Waals surface area contributed by atoms with Gasteiger partial charge in [-0.15, -0.1) is 0 Å². The van der Waals surface area contributed by atoms with E-state index in [1.54, 1.807) is 0 Å². The Balaban J connectivity index is 1.39. The van der Waals surface area contributed by atoms with E-state index in [1.807, 2.05) is 81.4 Å². The third-order valence-electron chi connectivity index (χ3n) is 4.87. The number of amides is 1. The third-order valence-corrected chi connectivity index (χ3v) is 4.87. The van der Waals surface area contributed by atoms with Gasteiger partial charge in [0, 0.05) is 5.69 Å². The van der Waals surface area contributed by atoms with Gasteiger partial charge in [0.25, 0.3) is 12.2 Å². The van der Waals surface area contributed by atoms with Gasteiger partial charge >= 0.3 is 0 Å². The first-order valence-corrected chi connectivity index (χ1v) is 9.93. The zero-order valence-corrected chi connectivity index (χ0v) is 17.2. The van der Waals surface area contributed by atoms with Gasteiger partial charge in [-0.25, -0.2) is 0 Å². The zero-order valence-electron chi connectivity index (χ0n) is 17.2. The molecule has 2 aliphatic heterocycles. The molecule has 30 heavy (non-hydrogen) atoms. The average molecular weight is 404 g/mol. The molecule has 2 atom stereocenters.